The predicted molar refractivity (Wildman–Crippen MR) is 79.8 cm³/mol. The minimum atomic E-state index is 0.265. The SMILES string of the molecule is N#Cc1ccc(COc2c(Cl)cccc2CN)c(Cl)c1. The highest BCUT2D eigenvalue weighted by Crippen LogP contribution is 2.30. The van der Waals surface area contributed by atoms with Gasteiger partial charge in [-0.15, -0.1) is 0 Å². The second-order valence-corrected chi connectivity index (χ2v) is 4.95. The Morgan fingerprint density at radius 3 is 2.55 bits per heavy atom. The van der Waals surface area contributed by atoms with Crippen molar-refractivity contribution < 1.29 is 4.74 Å². The van der Waals surface area contributed by atoms with E-state index in [2.05, 4.69) is 0 Å². The number of rotatable bonds is 4. The molecule has 0 aromatic heterocycles. The van der Waals surface area contributed by atoms with Gasteiger partial charge in [-0.3, -0.25) is 0 Å². The van der Waals surface area contributed by atoms with Gasteiger partial charge in [-0.2, -0.15) is 5.26 Å². The first kappa shape index (κ1) is 14.7. The average Bonchev–Trinajstić information content (AvgIpc) is 2.46. The van der Waals surface area contributed by atoms with Crippen molar-refractivity contribution >= 4 is 23.2 Å². The van der Waals surface area contributed by atoms with Crippen LogP contribution in [0.2, 0.25) is 10.0 Å². The van der Waals surface area contributed by atoms with Gasteiger partial charge in [0.2, 0.25) is 0 Å². The van der Waals surface area contributed by atoms with E-state index in [-0.39, 0.29) is 6.61 Å². The van der Waals surface area contributed by atoms with E-state index in [0.29, 0.717) is 27.9 Å². The zero-order valence-electron chi connectivity index (χ0n) is 10.6. The zero-order chi connectivity index (χ0) is 14.5. The molecule has 0 saturated heterocycles. The summed E-state index contributed by atoms with van der Waals surface area (Å²) in [5.41, 5.74) is 7.79. The molecule has 0 heterocycles. The topological polar surface area (TPSA) is 59.0 Å². The van der Waals surface area contributed by atoms with Crippen LogP contribution < -0.4 is 10.5 Å². The van der Waals surface area contributed by atoms with Crippen LogP contribution in [0.5, 0.6) is 5.75 Å². The molecule has 20 heavy (non-hydrogen) atoms. The van der Waals surface area contributed by atoms with Crippen molar-refractivity contribution in [3.63, 3.8) is 0 Å². The van der Waals surface area contributed by atoms with Crippen LogP contribution in [0.3, 0.4) is 0 Å². The fourth-order valence-electron chi connectivity index (χ4n) is 1.76. The van der Waals surface area contributed by atoms with Crippen LogP contribution in [0.4, 0.5) is 0 Å². The molecule has 2 aromatic carbocycles. The van der Waals surface area contributed by atoms with Crippen LogP contribution in [0.1, 0.15) is 16.7 Å². The molecular formula is C15H12Cl2N2O. The lowest BCUT2D eigenvalue weighted by molar-refractivity contribution is 0.303. The third-order valence-corrected chi connectivity index (χ3v) is 3.47. The minimum Gasteiger partial charge on any atom is -0.487 e. The van der Waals surface area contributed by atoms with Crippen molar-refractivity contribution in [2.45, 2.75) is 13.2 Å². The molecule has 3 nitrogen and oxygen atoms in total. The van der Waals surface area contributed by atoms with E-state index in [4.69, 9.17) is 38.9 Å². The molecular weight excluding hydrogens is 295 g/mol. The van der Waals surface area contributed by atoms with Crippen LogP contribution in [0, 0.1) is 11.3 Å². The number of nitrogens with zero attached hydrogens (tertiary/aromatic N) is 1. The fourth-order valence-corrected chi connectivity index (χ4v) is 2.24. The quantitative estimate of drug-likeness (QED) is 0.932. The van der Waals surface area contributed by atoms with Gasteiger partial charge in [0.25, 0.3) is 0 Å². The normalized spacial score (nSPS) is 10.1. The van der Waals surface area contributed by atoms with Crippen molar-refractivity contribution in [3.05, 3.63) is 63.1 Å². The average molecular weight is 307 g/mol. The van der Waals surface area contributed by atoms with E-state index in [9.17, 15) is 0 Å². The summed E-state index contributed by atoms with van der Waals surface area (Å²) in [6.07, 6.45) is 0. The molecule has 0 spiro atoms. The van der Waals surface area contributed by atoms with Gasteiger partial charge < -0.3 is 10.5 Å². The zero-order valence-corrected chi connectivity index (χ0v) is 12.1. The summed E-state index contributed by atoms with van der Waals surface area (Å²) in [7, 11) is 0. The van der Waals surface area contributed by atoms with Gasteiger partial charge in [0, 0.05) is 22.7 Å². The molecule has 2 rings (SSSR count). The van der Waals surface area contributed by atoms with Crippen molar-refractivity contribution in [2.75, 3.05) is 0 Å². The molecule has 0 radical (unpaired) electrons. The molecule has 0 amide bonds. The second kappa shape index (κ2) is 6.62. The molecule has 0 unspecified atom stereocenters. The van der Waals surface area contributed by atoms with Gasteiger partial charge in [0.15, 0.2) is 0 Å². The Morgan fingerprint density at radius 1 is 1.10 bits per heavy atom. The molecule has 2 aromatic rings. The number of para-hydroxylation sites is 1. The number of ether oxygens (including phenoxy) is 1. The lowest BCUT2D eigenvalue weighted by Crippen LogP contribution is -2.03. The summed E-state index contributed by atoms with van der Waals surface area (Å²) < 4.78 is 5.72. The van der Waals surface area contributed by atoms with Gasteiger partial charge in [-0.25, -0.2) is 0 Å². The first-order chi connectivity index (χ1) is 9.65. The summed E-state index contributed by atoms with van der Waals surface area (Å²) in [5, 5.41) is 9.80. The van der Waals surface area contributed by atoms with E-state index in [1.807, 2.05) is 18.2 Å². The number of benzene rings is 2. The Labute approximate surface area is 127 Å². The standard InChI is InChI=1S/C15H12Cl2N2O/c16-13-3-1-2-11(8-19)15(13)20-9-12-5-4-10(7-18)6-14(12)17/h1-6H,8-9,19H2. The summed E-state index contributed by atoms with van der Waals surface area (Å²) in [4.78, 5) is 0. The van der Waals surface area contributed by atoms with Gasteiger partial charge in [0.1, 0.15) is 12.4 Å². The van der Waals surface area contributed by atoms with Crippen LogP contribution in [-0.2, 0) is 13.2 Å². The van der Waals surface area contributed by atoms with Crippen LogP contribution in [-0.4, -0.2) is 0 Å². The first-order valence-corrected chi connectivity index (χ1v) is 6.70. The summed E-state index contributed by atoms with van der Waals surface area (Å²) >= 11 is 12.2. The molecule has 2 N–H and O–H groups in total. The molecule has 0 fully saturated rings. The minimum absolute atomic E-state index is 0.265. The number of hydrogen-bond acceptors (Lipinski definition) is 3. The highest BCUT2D eigenvalue weighted by Gasteiger charge is 2.09. The Kier molecular flexibility index (Phi) is 4.86. The maximum Gasteiger partial charge on any atom is 0.142 e. The first-order valence-electron chi connectivity index (χ1n) is 5.94. The largest absolute Gasteiger partial charge is 0.487 e. The van der Waals surface area contributed by atoms with Gasteiger partial charge >= 0.3 is 0 Å². The van der Waals surface area contributed by atoms with E-state index in [0.717, 1.165) is 11.1 Å². The number of halogens is 2. The molecule has 0 aliphatic carbocycles. The molecule has 0 saturated carbocycles. The maximum absolute atomic E-state index is 8.79. The molecule has 0 aliphatic heterocycles. The van der Waals surface area contributed by atoms with Crippen LogP contribution in [0.15, 0.2) is 36.4 Å². The third-order valence-electron chi connectivity index (χ3n) is 2.82. The number of hydrogen-bond donors (Lipinski definition) is 1. The van der Waals surface area contributed by atoms with Gasteiger partial charge in [0.05, 0.1) is 16.7 Å². The molecule has 0 atom stereocenters. The Balaban J connectivity index is 2.19. The number of nitriles is 1. The smallest absolute Gasteiger partial charge is 0.142 e. The van der Waals surface area contributed by atoms with E-state index >= 15 is 0 Å². The highest BCUT2D eigenvalue weighted by atomic mass is 35.5. The van der Waals surface area contributed by atoms with Crippen LogP contribution >= 0.6 is 23.2 Å². The molecule has 0 bridgehead atoms. The monoisotopic (exact) mass is 306 g/mol. The highest BCUT2D eigenvalue weighted by molar-refractivity contribution is 6.32. The van der Waals surface area contributed by atoms with Crippen molar-refractivity contribution in [2.24, 2.45) is 5.73 Å². The lowest BCUT2D eigenvalue weighted by Gasteiger charge is -2.13. The Bertz CT molecular complexity index is 665. The lowest BCUT2D eigenvalue weighted by atomic mass is 10.1. The van der Waals surface area contributed by atoms with Gasteiger partial charge in [-0.05, 0) is 18.2 Å². The van der Waals surface area contributed by atoms with E-state index in [1.54, 1.807) is 24.3 Å². The molecule has 0 aliphatic rings. The Hall–Kier alpha value is -1.73. The van der Waals surface area contributed by atoms with Crippen molar-refractivity contribution in [1.29, 1.82) is 5.26 Å². The van der Waals surface area contributed by atoms with Gasteiger partial charge in [-0.1, -0.05) is 41.4 Å². The predicted octanol–water partition coefficient (Wildman–Crippen LogP) is 3.90. The summed E-state index contributed by atoms with van der Waals surface area (Å²) in [6, 6.07) is 12.5. The third kappa shape index (κ3) is 3.23. The summed E-state index contributed by atoms with van der Waals surface area (Å²) in [5.74, 6) is 0.567. The fraction of sp³-hybridized carbons (Fsp3) is 0.133. The van der Waals surface area contributed by atoms with Crippen LogP contribution in [0.25, 0.3) is 0 Å². The van der Waals surface area contributed by atoms with Crippen molar-refractivity contribution in [3.8, 4) is 11.8 Å². The summed E-state index contributed by atoms with van der Waals surface area (Å²) in [6.45, 7) is 0.609. The molecule has 5 heteroatoms. The van der Waals surface area contributed by atoms with E-state index < -0.39 is 0 Å². The Morgan fingerprint density at radius 2 is 1.90 bits per heavy atom. The van der Waals surface area contributed by atoms with E-state index in [1.165, 1.54) is 0 Å². The molecule has 102 valence electrons. The number of nitrogens with two attached hydrogens (primary N) is 1. The van der Waals surface area contributed by atoms with Crippen molar-refractivity contribution in [1.82, 2.24) is 0 Å². The second-order valence-electron chi connectivity index (χ2n) is 4.14. The maximum atomic E-state index is 8.79.